The number of amides is 2. The fourth-order valence-electron chi connectivity index (χ4n) is 1.12. The second-order valence-electron chi connectivity index (χ2n) is 4.34. The van der Waals surface area contributed by atoms with Crippen LogP contribution in [-0.4, -0.2) is 30.6 Å². The molecular weight excluding hydrogens is 176 g/mol. The Morgan fingerprint density at radius 3 is 2.29 bits per heavy atom. The number of carbonyl (C=O) groups is 1. The van der Waals surface area contributed by atoms with Crippen LogP contribution in [-0.2, 0) is 0 Å². The molecule has 0 aromatic carbocycles. The molecule has 0 radical (unpaired) electrons. The van der Waals surface area contributed by atoms with Crippen molar-refractivity contribution in [2.75, 3.05) is 13.6 Å². The van der Waals surface area contributed by atoms with Gasteiger partial charge in [0.2, 0.25) is 0 Å². The fourth-order valence-corrected chi connectivity index (χ4v) is 1.12. The summed E-state index contributed by atoms with van der Waals surface area (Å²) >= 11 is 0. The van der Waals surface area contributed by atoms with E-state index in [-0.39, 0.29) is 12.1 Å². The van der Waals surface area contributed by atoms with E-state index in [1.807, 2.05) is 14.0 Å². The number of rotatable bonds is 5. The summed E-state index contributed by atoms with van der Waals surface area (Å²) in [5.74, 6) is 0.707. The van der Waals surface area contributed by atoms with E-state index in [2.05, 4.69) is 26.1 Å². The average molecular weight is 200 g/mol. The molecule has 2 amide bonds. The number of hydrogen-bond acceptors (Lipinski definition) is 1. The number of hydrogen-bond donors (Lipinski definition) is 1. The van der Waals surface area contributed by atoms with Gasteiger partial charge in [-0.2, -0.15) is 0 Å². The molecule has 14 heavy (non-hydrogen) atoms. The maximum Gasteiger partial charge on any atom is 0.317 e. The van der Waals surface area contributed by atoms with E-state index < -0.39 is 0 Å². The summed E-state index contributed by atoms with van der Waals surface area (Å²) in [6.07, 6.45) is 2.22. The minimum atomic E-state index is 0.0313. The van der Waals surface area contributed by atoms with Crippen molar-refractivity contribution in [3.05, 3.63) is 0 Å². The van der Waals surface area contributed by atoms with Crippen LogP contribution in [0.25, 0.3) is 0 Å². The zero-order valence-electron chi connectivity index (χ0n) is 10.1. The van der Waals surface area contributed by atoms with E-state index in [1.165, 1.54) is 0 Å². The van der Waals surface area contributed by atoms with Crippen LogP contribution in [0.3, 0.4) is 0 Å². The van der Waals surface area contributed by atoms with Gasteiger partial charge in [-0.05, 0) is 32.6 Å². The molecule has 0 aromatic heterocycles. The highest BCUT2D eigenvalue weighted by molar-refractivity contribution is 5.74. The van der Waals surface area contributed by atoms with Crippen LogP contribution >= 0.6 is 0 Å². The molecule has 0 aliphatic heterocycles. The van der Waals surface area contributed by atoms with Gasteiger partial charge in [0.05, 0.1) is 0 Å². The van der Waals surface area contributed by atoms with Crippen molar-refractivity contribution >= 4 is 6.03 Å². The van der Waals surface area contributed by atoms with Crippen LogP contribution in [0.5, 0.6) is 0 Å². The van der Waals surface area contributed by atoms with Gasteiger partial charge in [0.1, 0.15) is 0 Å². The molecule has 0 aliphatic rings. The molecule has 0 rings (SSSR count). The van der Waals surface area contributed by atoms with E-state index in [0.717, 1.165) is 19.4 Å². The van der Waals surface area contributed by atoms with E-state index in [0.29, 0.717) is 5.92 Å². The number of nitrogens with one attached hydrogen (secondary N) is 1. The molecule has 0 fully saturated rings. The summed E-state index contributed by atoms with van der Waals surface area (Å²) < 4.78 is 0. The van der Waals surface area contributed by atoms with Crippen molar-refractivity contribution in [2.45, 2.75) is 46.6 Å². The van der Waals surface area contributed by atoms with E-state index >= 15 is 0 Å². The second kappa shape index (κ2) is 6.68. The molecule has 0 saturated carbocycles. The van der Waals surface area contributed by atoms with Crippen LogP contribution in [0.15, 0.2) is 0 Å². The molecule has 0 bridgehead atoms. The highest BCUT2D eigenvalue weighted by Crippen LogP contribution is 2.06. The first-order valence-electron chi connectivity index (χ1n) is 5.49. The molecule has 1 N–H and O–H groups in total. The quantitative estimate of drug-likeness (QED) is 0.726. The molecule has 0 saturated heterocycles. The number of nitrogens with zero attached hydrogens (tertiary/aromatic N) is 1. The van der Waals surface area contributed by atoms with Crippen LogP contribution in [0.2, 0.25) is 0 Å². The Hall–Kier alpha value is -0.730. The summed E-state index contributed by atoms with van der Waals surface area (Å²) in [6.45, 7) is 9.18. The van der Waals surface area contributed by atoms with Gasteiger partial charge in [0.15, 0.2) is 0 Å². The van der Waals surface area contributed by atoms with Gasteiger partial charge in [0.25, 0.3) is 0 Å². The smallest absolute Gasteiger partial charge is 0.317 e. The van der Waals surface area contributed by atoms with Gasteiger partial charge in [-0.25, -0.2) is 4.79 Å². The van der Waals surface area contributed by atoms with Gasteiger partial charge in [-0.1, -0.05) is 13.8 Å². The lowest BCUT2D eigenvalue weighted by molar-refractivity contribution is 0.206. The summed E-state index contributed by atoms with van der Waals surface area (Å²) in [4.78, 5) is 13.1. The van der Waals surface area contributed by atoms with Crippen LogP contribution in [0.4, 0.5) is 4.79 Å². The van der Waals surface area contributed by atoms with Crippen molar-refractivity contribution in [3.63, 3.8) is 0 Å². The summed E-state index contributed by atoms with van der Waals surface area (Å²) in [7, 11) is 1.81. The number of urea groups is 1. The second-order valence-corrected chi connectivity index (χ2v) is 4.34. The maximum absolute atomic E-state index is 11.4. The predicted octanol–water partition coefficient (Wildman–Crippen LogP) is 2.47. The largest absolute Gasteiger partial charge is 0.336 e. The first kappa shape index (κ1) is 13.3. The Kier molecular flexibility index (Phi) is 6.34. The fraction of sp³-hybridized carbons (Fsp3) is 0.909. The van der Waals surface area contributed by atoms with E-state index in [4.69, 9.17) is 0 Å². The third kappa shape index (κ3) is 5.84. The zero-order chi connectivity index (χ0) is 11.1. The minimum Gasteiger partial charge on any atom is -0.336 e. The lowest BCUT2D eigenvalue weighted by Gasteiger charge is -2.20. The summed E-state index contributed by atoms with van der Waals surface area (Å²) in [6, 6.07) is 0.308. The first-order chi connectivity index (χ1) is 6.47. The van der Waals surface area contributed by atoms with Crippen molar-refractivity contribution in [1.82, 2.24) is 10.2 Å². The molecule has 0 aliphatic carbocycles. The summed E-state index contributed by atoms with van der Waals surface area (Å²) in [5.41, 5.74) is 0. The monoisotopic (exact) mass is 200 g/mol. The molecule has 1 atom stereocenters. The third-order valence-electron chi connectivity index (χ3n) is 2.37. The minimum absolute atomic E-state index is 0.0313. The molecule has 0 aromatic rings. The van der Waals surface area contributed by atoms with E-state index in [1.54, 1.807) is 4.90 Å². The Balaban J connectivity index is 3.71. The molecule has 1 unspecified atom stereocenters. The molecule has 0 spiro atoms. The molecule has 84 valence electrons. The Bertz CT molecular complexity index is 169. The standard InChI is InChI=1S/C11H24N2O/c1-6-13(5)11(14)12-10(4)8-7-9(2)3/h9-10H,6-8H2,1-5H3,(H,12,14). The molecule has 0 heterocycles. The first-order valence-corrected chi connectivity index (χ1v) is 5.49. The van der Waals surface area contributed by atoms with E-state index in [9.17, 15) is 4.79 Å². The molecular formula is C11H24N2O. The van der Waals surface area contributed by atoms with Gasteiger partial charge >= 0.3 is 6.03 Å². The van der Waals surface area contributed by atoms with Crippen molar-refractivity contribution in [3.8, 4) is 0 Å². The highest BCUT2D eigenvalue weighted by atomic mass is 16.2. The lowest BCUT2D eigenvalue weighted by Crippen LogP contribution is -2.41. The van der Waals surface area contributed by atoms with Crippen molar-refractivity contribution in [1.29, 1.82) is 0 Å². The zero-order valence-corrected chi connectivity index (χ0v) is 10.1. The van der Waals surface area contributed by atoms with Crippen molar-refractivity contribution < 1.29 is 4.79 Å². The number of carbonyl (C=O) groups excluding carboxylic acids is 1. The Morgan fingerprint density at radius 1 is 1.29 bits per heavy atom. The molecule has 3 heteroatoms. The van der Waals surface area contributed by atoms with Gasteiger partial charge < -0.3 is 10.2 Å². The van der Waals surface area contributed by atoms with Crippen LogP contribution < -0.4 is 5.32 Å². The highest BCUT2D eigenvalue weighted by Gasteiger charge is 2.10. The normalized spacial score (nSPS) is 12.7. The molecule has 3 nitrogen and oxygen atoms in total. The van der Waals surface area contributed by atoms with Gasteiger partial charge in [-0.15, -0.1) is 0 Å². The summed E-state index contributed by atoms with van der Waals surface area (Å²) in [5, 5.41) is 2.97. The average Bonchev–Trinajstić information content (AvgIpc) is 2.13. The third-order valence-corrected chi connectivity index (χ3v) is 2.37. The van der Waals surface area contributed by atoms with Gasteiger partial charge in [-0.3, -0.25) is 0 Å². The SMILES string of the molecule is CCN(C)C(=O)NC(C)CCC(C)C. The van der Waals surface area contributed by atoms with Gasteiger partial charge in [0, 0.05) is 19.6 Å². The predicted molar refractivity (Wildman–Crippen MR) is 60.4 cm³/mol. The Labute approximate surface area is 87.9 Å². The van der Waals surface area contributed by atoms with Crippen LogP contribution in [0, 0.1) is 5.92 Å². The Morgan fingerprint density at radius 2 is 1.86 bits per heavy atom. The lowest BCUT2D eigenvalue weighted by atomic mass is 10.0. The van der Waals surface area contributed by atoms with Crippen molar-refractivity contribution in [2.24, 2.45) is 5.92 Å². The topological polar surface area (TPSA) is 32.3 Å². The maximum atomic E-state index is 11.4. The van der Waals surface area contributed by atoms with Crippen LogP contribution in [0.1, 0.15) is 40.5 Å².